The fourth-order valence-corrected chi connectivity index (χ4v) is 4.13. The molecular formula is C31H21N3. The van der Waals surface area contributed by atoms with Gasteiger partial charge in [-0.1, -0.05) is 78.9 Å². The molecule has 3 nitrogen and oxygen atoms in total. The molecule has 0 spiro atoms. The number of aromatic nitrogens is 2. The summed E-state index contributed by atoms with van der Waals surface area (Å²) in [6.45, 7) is 0. The predicted molar refractivity (Wildman–Crippen MR) is 139 cm³/mol. The van der Waals surface area contributed by atoms with Crippen LogP contribution in [0.25, 0.3) is 44.1 Å². The molecule has 0 fully saturated rings. The molecule has 3 heteroatoms. The Morgan fingerprint density at radius 3 is 1.71 bits per heavy atom. The Morgan fingerprint density at radius 2 is 1.15 bits per heavy atom. The maximum Gasteiger partial charge on any atom is 0.0991 e. The smallest absolute Gasteiger partial charge is 0.0991 e. The van der Waals surface area contributed by atoms with Crippen LogP contribution in [0.2, 0.25) is 0 Å². The lowest BCUT2D eigenvalue weighted by atomic mass is 9.89. The van der Waals surface area contributed by atoms with E-state index in [4.69, 9.17) is 4.98 Å². The van der Waals surface area contributed by atoms with Crippen LogP contribution in [0.5, 0.6) is 0 Å². The van der Waals surface area contributed by atoms with Crippen molar-refractivity contribution < 1.29 is 0 Å². The number of pyridine rings is 2. The van der Waals surface area contributed by atoms with Crippen molar-refractivity contribution in [3.63, 3.8) is 0 Å². The van der Waals surface area contributed by atoms with E-state index in [0.717, 1.165) is 44.1 Å². The summed E-state index contributed by atoms with van der Waals surface area (Å²) in [7, 11) is 0. The van der Waals surface area contributed by atoms with Crippen molar-refractivity contribution in [1.82, 2.24) is 9.97 Å². The molecule has 0 saturated heterocycles. The molecule has 2 aromatic heterocycles. The lowest BCUT2D eigenvalue weighted by Gasteiger charge is -2.15. The summed E-state index contributed by atoms with van der Waals surface area (Å²) in [5, 5.41) is 11.7. The van der Waals surface area contributed by atoms with Crippen molar-refractivity contribution in [2.75, 3.05) is 0 Å². The van der Waals surface area contributed by atoms with E-state index in [0.29, 0.717) is 5.56 Å². The van der Waals surface area contributed by atoms with Crippen molar-refractivity contribution in [2.24, 2.45) is 0 Å². The zero-order chi connectivity index (χ0) is 23.2. The minimum Gasteiger partial charge on any atom is -0.265 e. The summed E-state index contributed by atoms with van der Waals surface area (Å²) in [6, 6.07) is 40.7. The van der Waals surface area contributed by atoms with E-state index in [2.05, 4.69) is 53.5 Å². The van der Waals surface area contributed by atoms with Gasteiger partial charge >= 0.3 is 0 Å². The van der Waals surface area contributed by atoms with Gasteiger partial charge < -0.3 is 0 Å². The molecule has 0 aliphatic carbocycles. The van der Waals surface area contributed by atoms with Crippen LogP contribution in [0.1, 0.15) is 5.56 Å². The van der Waals surface area contributed by atoms with Gasteiger partial charge in [0.2, 0.25) is 0 Å². The van der Waals surface area contributed by atoms with Crippen LogP contribution in [0.15, 0.2) is 128 Å². The molecular weight excluding hydrogens is 414 g/mol. The van der Waals surface area contributed by atoms with Gasteiger partial charge in [0.15, 0.2) is 0 Å². The monoisotopic (exact) mass is 435 g/mol. The fourth-order valence-electron chi connectivity index (χ4n) is 4.13. The number of fused-ring (bicyclic) bond motifs is 2. The van der Waals surface area contributed by atoms with Gasteiger partial charge in [-0.3, -0.25) is 4.98 Å². The topological polar surface area (TPSA) is 49.6 Å². The van der Waals surface area contributed by atoms with Crippen LogP contribution in [0.4, 0.5) is 0 Å². The summed E-state index contributed by atoms with van der Waals surface area (Å²) in [5.41, 5.74) is 7.02. The number of hydrogen-bond acceptors (Lipinski definition) is 3. The summed E-state index contributed by atoms with van der Waals surface area (Å²) in [4.78, 5) is 8.63. The molecule has 0 aliphatic heterocycles. The van der Waals surface area contributed by atoms with E-state index in [1.807, 2.05) is 72.8 Å². The predicted octanol–water partition coefficient (Wildman–Crippen LogP) is 7.68. The third-order valence-electron chi connectivity index (χ3n) is 5.66. The average molecular weight is 436 g/mol. The van der Waals surface area contributed by atoms with Crippen LogP contribution in [0, 0.1) is 11.3 Å². The molecule has 6 rings (SSSR count). The van der Waals surface area contributed by atoms with Gasteiger partial charge in [-0.2, -0.15) is 5.26 Å². The second-order valence-electron chi connectivity index (χ2n) is 7.78. The normalized spacial score (nSPS) is 10.3. The number of benzene rings is 4. The number of hydrogen-bond donors (Lipinski definition) is 0. The van der Waals surface area contributed by atoms with Crippen molar-refractivity contribution in [1.29, 1.82) is 5.26 Å². The van der Waals surface area contributed by atoms with Crippen LogP contribution >= 0.6 is 0 Å². The first-order valence-electron chi connectivity index (χ1n) is 11.1. The Hall–Kier alpha value is -4.81. The van der Waals surface area contributed by atoms with Crippen molar-refractivity contribution in [3.8, 4) is 28.3 Å². The third kappa shape index (κ3) is 4.26. The lowest BCUT2D eigenvalue weighted by molar-refractivity contribution is 1.33. The van der Waals surface area contributed by atoms with E-state index >= 15 is 0 Å². The molecule has 0 aliphatic rings. The highest BCUT2D eigenvalue weighted by atomic mass is 14.7. The molecule has 0 amide bonds. The van der Waals surface area contributed by atoms with Gasteiger partial charge in [-0.25, -0.2) is 4.98 Å². The molecule has 2 heterocycles. The average Bonchev–Trinajstić information content (AvgIpc) is 2.93. The van der Waals surface area contributed by atoms with Gasteiger partial charge in [-0.15, -0.1) is 0 Å². The first-order valence-corrected chi connectivity index (χ1v) is 11.1. The highest BCUT2D eigenvalue weighted by molar-refractivity contribution is 6.11. The van der Waals surface area contributed by atoms with Gasteiger partial charge in [-0.05, 0) is 53.1 Å². The van der Waals surface area contributed by atoms with Crippen molar-refractivity contribution >= 4 is 21.8 Å². The summed E-state index contributed by atoms with van der Waals surface area (Å²) < 4.78 is 0. The molecule has 0 unspecified atom stereocenters. The van der Waals surface area contributed by atoms with Crippen molar-refractivity contribution in [2.45, 2.75) is 0 Å². The fraction of sp³-hybridized carbons (Fsp3) is 0. The highest BCUT2D eigenvalue weighted by Crippen LogP contribution is 2.40. The zero-order valence-electron chi connectivity index (χ0n) is 18.5. The number of para-hydroxylation sites is 2. The van der Waals surface area contributed by atoms with Gasteiger partial charge in [0.1, 0.15) is 0 Å². The molecule has 0 saturated carbocycles. The van der Waals surface area contributed by atoms with E-state index in [9.17, 15) is 5.26 Å². The Morgan fingerprint density at radius 1 is 0.559 bits per heavy atom. The third-order valence-corrected chi connectivity index (χ3v) is 5.66. The molecule has 0 atom stereocenters. The number of nitriles is 1. The molecule has 0 N–H and O–H groups in total. The summed E-state index contributed by atoms with van der Waals surface area (Å²) in [5.74, 6) is 0. The van der Waals surface area contributed by atoms with Gasteiger partial charge in [0, 0.05) is 28.7 Å². The SMILES string of the molecule is N#Cc1ccc(-c2c3ccccc3nc3ccccc23)c(-c2ccccc2)c1.c1ccncc1. The standard InChI is InChI=1S/C26H16N2.C5H5N/c27-17-18-14-15-20(23(16-18)19-8-2-1-3-9-19)26-21-10-4-6-12-24(21)28-25-13-7-5-11-22(25)26;1-2-4-6-5-3-1/h1-16H;1-5H. The second kappa shape index (κ2) is 9.77. The number of rotatable bonds is 2. The molecule has 0 radical (unpaired) electrons. The lowest BCUT2D eigenvalue weighted by Crippen LogP contribution is -1.92. The molecule has 4 aromatic carbocycles. The van der Waals surface area contributed by atoms with E-state index < -0.39 is 0 Å². The summed E-state index contributed by atoms with van der Waals surface area (Å²) >= 11 is 0. The van der Waals surface area contributed by atoms with E-state index in [1.54, 1.807) is 12.4 Å². The molecule has 0 bridgehead atoms. The van der Waals surface area contributed by atoms with Crippen LogP contribution in [-0.2, 0) is 0 Å². The zero-order valence-corrected chi connectivity index (χ0v) is 18.5. The van der Waals surface area contributed by atoms with E-state index in [-0.39, 0.29) is 0 Å². The van der Waals surface area contributed by atoms with Crippen molar-refractivity contribution in [3.05, 3.63) is 133 Å². The largest absolute Gasteiger partial charge is 0.265 e. The first kappa shape index (κ1) is 21.1. The first-order chi connectivity index (χ1) is 16.8. The Bertz CT molecular complexity index is 1520. The quantitative estimate of drug-likeness (QED) is 0.262. The van der Waals surface area contributed by atoms with Crippen LogP contribution in [0.3, 0.4) is 0 Å². The minimum atomic E-state index is 0.658. The van der Waals surface area contributed by atoms with Gasteiger partial charge in [0.05, 0.1) is 22.7 Å². The van der Waals surface area contributed by atoms with Gasteiger partial charge in [0.25, 0.3) is 0 Å². The Balaban J connectivity index is 0.000000351. The maximum absolute atomic E-state index is 9.45. The molecule has 34 heavy (non-hydrogen) atoms. The van der Waals surface area contributed by atoms with Crippen LogP contribution < -0.4 is 0 Å². The van der Waals surface area contributed by atoms with E-state index in [1.165, 1.54) is 0 Å². The molecule has 6 aromatic rings. The van der Waals surface area contributed by atoms with Crippen LogP contribution in [-0.4, -0.2) is 9.97 Å². The summed E-state index contributed by atoms with van der Waals surface area (Å²) in [6.07, 6.45) is 3.50. The second-order valence-corrected chi connectivity index (χ2v) is 7.78. The minimum absolute atomic E-state index is 0.658. The number of nitrogens with zero attached hydrogens (tertiary/aromatic N) is 3. The maximum atomic E-state index is 9.45. The Kier molecular flexibility index (Phi) is 6.05. The highest BCUT2D eigenvalue weighted by Gasteiger charge is 2.15. The Labute approximate surface area is 198 Å². The molecule has 160 valence electrons.